The number of rotatable bonds is 4. The second kappa shape index (κ2) is 5.98. The third-order valence-electron chi connectivity index (χ3n) is 5.18. The van der Waals surface area contributed by atoms with Crippen LogP contribution >= 0.6 is 0 Å². The highest BCUT2D eigenvalue weighted by atomic mass is 16.5. The molecule has 0 aromatic heterocycles. The summed E-state index contributed by atoms with van der Waals surface area (Å²) in [4.78, 5) is 0. The lowest BCUT2D eigenvalue weighted by Gasteiger charge is -2.36. The number of hydrogen-bond donors (Lipinski definition) is 2. The first kappa shape index (κ1) is 14.9. The molecule has 0 amide bonds. The van der Waals surface area contributed by atoms with Crippen molar-refractivity contribution in [2.24, 2.45) is 5.92 Å². The molecule has 1 aromatic rings. The maximum absolute atomic E-state index is 10.8. The third-order valence-corrected chi connectivity index (χ3v) is 5.18. The zero-order valence-corrected chi connectivity index (χ0v) is 13.2. The maximum Gasteiger partial charge on any atom is 0.119 e. The smallest absolute Gasteiger partial charge is 0.119 e. The summed E-state index contributed by atoms with van der Waals surface area (Å²) in [7, 11) is 1.71. The number of aliphatic hydroxyl groups is 1. The van der Waals surface area contributed by atoms with Gasteiger partial charge in [0.1, 0.15) is 5.75 Å². The number of ether oxygens (including phenoxy) is 1. The minimum Gasteiger partial charge on any atom is -0.497 e. The van der Waals surface area contributed by atoms with Crippen LogP contribution in [0, 0.1) is 5.92 Å². The number of fused-ring (bicyclic) bond motifs is 1. The predicted molar refractivity (Wildman–Crippen MR) is 84.6 cm³/mol. The summed E-state index contributed by atoms with van der Waals surface area (Å²) in [5.74, 6) is 1.56. The van der Waals surface area contributed by atoms with Crippen molar-refractivity contribution in [1.29, 1.82) is 0 Å². The lowest BCUT2D eigenvalue weighted by Crippen LogP contribution is -2.44. The second-order valence-electron chi connectivity index (χ2n) is 6.96. The van der Waals surface area contributed by atoms with Crippen molar-refractivity contribution < 1.29 is 9.84 Å². The lowest BCUT2D eigenvalue weighted by molar-refractivity contribution is -0.0137. The van der Waals surface area contributed by atoms with Crippen molar-refractivity contribution in [3.05, 3.63) is 29.3 Å². The van der Waals surface area contributed by atoms with Gasteiger partial charge in [0.15, 0.2) is 0 Å². The molecule has 1 aromatic carbocycles. The number of aryl methyl sites for hydroxylation is 1. The van der Waals surface area contributed by atoms with Gasteiger partial charge in [-0.15, -0.1) is 0 Å². The molecule has 116 valence electrons. The normalized spacial score (nSPS) is 32.0. The molecule has 2 aliphatic carbocycles. The molecule has 2 N–H and O–H groups in total. The summed E-state index contributed by atoms with van der Waals surface area (Å²) in [5, 5.41) is 14.4. The fraction of sp³-hybridized carbons (Fsp3) is 0.667. The molecule has 3 rings (SSSR count). The Balaban J connectivity index is 1.65. The Hall–Kier alpha value is -1.06. The topological polar surface area (TPSA) is 41.5 Å². The van der Waals surface area contributed by atoms with Crippen LogP contribution in [0.2, 0.25) is 0 Å². The van der Waals surface area contributed by atoms with E-state index in [0.29, 0.717) is 18.5 Å². The van der Waals surface area contributed by atoms with Crippen molar-refractivity contribution in [3.63, 3.8) is 0 Å². The average Bonchev–Trinajstić information content (AvgIpc) is 2.87. The van der Waals surface area contributed by atoms with Gasteiger partial charge in [-0.2, -0.15) is 0 Å². The third kappa shape index (κ3) is 3.24. The molecule has 2 aliphatic rings. The van der Waals surface area contributed by atoms with Crippen LogP contribution in [0.4, 0.5) is 0 Å². The van der Waals surface area contributed by atoms with E-state index >= 15 is 0 Å². The molecule has 0 aliphatic heterocycles. The zero-order chi connectivity index (χ0) is 14.9. The molecule has 0 spiro atoms. The largest absolute Gasteiger partial charge is 0.497 e. The number of methoxy groups -OCH3 is 1. The highest BCUT2D eigenvalue weighted by Crippen LogP contribution is 2.36. The summed E-state index contributed by atoms with van der Waals surface area (Å²) >= 11 is 0. The molecule has 0 bridgehead atoms. The number of nitrogens with one attached hydrogen (secondary N) is 1. The molecule has 3 unspecified atom stereocenters. The van der Waals surface area contributed by atoms with Gasteiger partial charge in [0.05, 0.1) is 12.7 Å². The molecule has 0 saturated heterocycles. The van der Waals surface area contributed by atoms with Gasteiger partial charge in [-0.25, -0.2) is 0 Å². The number of benzene rings is 1. The molecule has 21 heavy (non-hydrogen) atoms. The van der Waals surface area contributed by atoms with Crippen molar-refractivity contribution in [2.45, 2.75) is 57.1 Å². The Morgan fingerprint density at radius 3 is 3.00 bits per heavy atom. The van der Waals surface area contributed by atoms with E-state index in [4.69, 9.17) is 4.74 Å². The summed E-state index contributed by atoms with van der Waals surface area (Å²) in [6.07, 6.45) is 6.50. The molecule has 3 nitrogen and oxygen atoms in total. The van der Waals surface area contributed by atoms with Crippen molar-refractivity contribution in [2.75, 3.05) is 13.7 Å². The second-order valence-corrected chi connectivity index (χ2v) is 6.96. The Labute approximate surface area is 127 Å². The van der Waals surface area contributed by atoms with Crippen LogP contribution in [0.1, 0.15) is 56.2 Å². The number of hydrogen-bond acceptors (Lipinski definition) is 3. The monoisotopic (exact) mass is 289 g/mol. The van der Waals surface area contributed by atoms with Gasteiger partial charge in [0, 0.05) is 12.6 Å². The van der Waals surface area contributed by atoms with Gasteiger partial charge in [0.25, 0.3) is 0 Å². The minimum atomic E-state index is -0.515. The standard InChI is InChI=1S/C18H27NO2/c1-13-4-3-9-18(20,11-13)12-19-17-8-6-14-5-7-15(21-2)10-16(14)17/h5,7,10,13,17,19-20H,3-4,6,8-9,11-12H2,1-2H3. The van der Waals surface area contributed by atoms with E-state index in [0.717, 1.165) is 37.9 Å². The van der Waals surface area contributed by atoms with E-state index in [1.165, 1.54) is 17.5 Å². The van der Waals surface area contributed by atoms with Crippen LogP contribution in [0.15, 0.2) is 18.2 Å². The van der Waals surface area contributed by atoms with E-state index in [1.54, 1.807) is 7.11 Å². The van der Waals surface area contributed by atoms with Crippen molar-refractivity contribution >= 4 is 0 Å². The lowest BCUT2D eigenvalue weighted by atomic mass is 9.79. The molecule has 3 atom stereocenters. The summed E-state index contributed by atoms with van der Waals surface area (Å²) in [6, 6.07) is 6.72. The first-order valence-electron chi connectivity index (χ1n) is 8.22. The van der Waals surface area contributed by atoms with Gasteiger partial charge in [0.2, 0.25) is 0 Å². The molecular weight excluding hydrogens is 262 g/mol. The van der Waals surface area contributed by atoms with Gasteiger partial charge in [-0.05, 0) is 54.9 Å². The van der Waals surface area contributed by atoms with Gasteiger partial charge < -0.3 is 15.2 Å². The molecule has 3 heteroatoms. The van der Waals surface area contributed by atoms with E-state index in [1.807, 2.05) is 6.07 Å². The highest BCUT2D eigenvalue weighted by molar-refractivity contribution is 5.40. The van der Waals surface area contributed by atoms with Crippen LogP contribution in [-0.4, -0.2) is 24.4 Å². The Morgan fingerprint density at radius 2 is 2.24 bits per heavy atom. The molecule has 0 heterocycles. The summed E-state index contributed by atoms with van der Waals surface area (Å²) in [6.45, 7) is 2.96. The van der Waals surface area contributed by atoms with Crippen molar-refractivity contribution in [3.8, 4) is 5.75 Å². The van der Waals surface area contributed by atoms with Crippen LogP contribution in [-0.2, 0) is 6.42 Å². The molecular formula is C18H27NO2. The minimum absolute atomic E-state index is 0.358. The summed E-state index contributed by atoms with van der Waals surface area (Å²) < 4.78 is 5.34. The van der Waals surface area contributed by atoms with E-state index in [9.17, 15) is 5.11 Å². The molecule has 1 saturated carbocycles. The fourth-order valence-electron chi connectivity index (χ4n) is 4.03. The Bertz CT molecular complexity index is 502. The van der Waals surface area contributed by atoms with Gasteiger partial charge in [-0.3, -0.25) is 0 Å². The van der Waals surface area contributed by atoms with Crippen LogP contribution in [0.3, 0.4) is 0 Å². The average molecular weight is 289 g/mol. The Morgan fingerprint density at radius 1 is 1.38 bits per heavy atom. The van der Waals surface area contributed by atoms with Crippen molar-refractivity contribution in [1.82, 2.24) is 5.32 Å². The van der Waals surface area contributed by atoms with E-state index in [2.05, 4.69) is 24.4 Å². The summed E-state index contributed by atoms with van der Waals surface area (Å²) in [5.41, 5.74) is 2.25. The maximum atomic E-state index is 10.8. The highest BCUT2D eigenvalue weighted by Gasteiger charge is 2.34. The van der Waals surface area contributed by atoms with Crippen LogP contribution < -0.4 is 10.1 Å². The predicted octanol–water partition coefficient (Wildman–Crippen LogP) is 3.21. The first-order chi connectivity index (χ1) is 10.1. The van der Waals surface area contributed by atoms with Gasteiger partial charge in [-0.1, -0.05) is 25.8 Å². The fourth-order valence-corrected chi connectivity index (χ4v) is 4.03. The van der Waals surface area contributed by atoms with E-state index < -0.39 is 5.60 Å². The zero-order valence-electron chi connectivity index (χ0n) is 13.2. The SMILES string of the molecule is COc1ccc2c(c1)C(NCC1(O)CCCC(C)C1)CC2. The van der Waals surface area contributed by atoms with Gasteiger partial charge >= 0.3 is 0 Å². The van der Waals surface area contributed by atoms with Crippen LogP contribution in [0.5, 0.6) is 5.75 Å². The molecule has 1 fully saturated rings. The Kier molecular flexibility index (Phi) is 4.23. The first-order valence-corrected chi connectivity index (χ1v) is 8.22. The van der Waals surface area contributed by atoms with E-state index in [-0.39, 0.29) is 0 Å². The van der Waals surface area contributed by atoms with Crippen LogP contribution in [0.25, 0.3) is 0 Å². The molecule has 0 radical (unpaired) electrons. The quantitative estimate of drug-likeness (QED) is 0.894.